The number of nitriles is 1. The Kier molecular flexibility index (Phi) is 5.59. The van der Waals surface area contributed by atoms with Gasteiger partial charge in [-0.3, -0.25) is 4.79 Å². The molecule has 2 rings (SSSR count). The van der Waals surface area contributed by atoms with Crippen LogP contribution in [-0.2, 0) is 4.79 Å². The van der Waals surface area contributed by atoms with Gasteiger partial charge in [0, 0.05) is 16.6 Å². The van der Waals surface area contributed by atoms with E-state index in [9.17, 15) is 4.79 Å². The average Bonchev–Trinajstić information content (AvgIpc) is 2.90. The molecule has 22 heavy (non-hydrogen) atoms. The zero-order valence-corrected chi connectivity index (χ0v) is 13.4. The summed E-state index contributed by atoms with van der Waals surface area (Å²) in [4.78, 5) is 12.9. The fourth-order valence-corrected chi connectivity index (χ4v) is 2.73. The maximum absolute atomic E-state index is 12.2. The van der Waals surface area contributed by atoms with E-state index in [1.165, 1.54) is 17.4 Å². The van der Waals surface area contributed by atoms with E-state index in [-0.39, 0.29) is 5.57 Å². The Labute approximate surface area is 137 Å². The minimum absolute atomic E-state index is 0.0142. The molecule has 1 aromatic carbocycles. The van der Waals surface area contributed by atoms with Gasteiger partial charge >= 0.3 is 0 Å². The fourth-order valence-electron chi connectivity index (χ4n) is 1.73. The van der Waals surface area contributed by atoms with Gasteiger partial charge in [0.25, 0.3) is 5.91 Å². The van der Waals surface area contributed by atoms with Crippen molar-refractivity contribution in [2.45, 2.75) is 6.92 Å². The summed E-state index contributed by atoms with van der Waals surface area (Å²) in [7, 11) is 0. The van der Waals surface area contributed by atoms with Crippen LogP contribution in [-0.4, -0.2) is 12.5 Å². The number of ether oxygens (including phenoxy) is 1. The number of anilines is 1. The van der Waals surface area contributed by atoms with Gasteiger partial charge in [-0.25, -0.2) is 0 Å². The van der Waals surface area contributed by atoms with Crippen molar-refractivity contribution in [3.63, 3.8) is 0 Å². The molecule has 0 aliphatic heterocycles. The van der Waals surface area contributed by atoms with E-state index in [4.69, 9.17) is 21.6 Å². The molecule has 0 spiro atoms. The first-order valence-electron chi connectivity index (χ1n) is 6.53. The molecule has 112 valence electrons. The Morgan fingerprint density at radius 1 is 1.45 bits per heavy atom. The van der Waals surface area contributed by atoms with Crippen LogP contribution in [0.4, 0.5) is 5.69 Å². The van der Waals surface area contributed by atoms with Gasteiger partial charge in [0.1, 0.15) is 17.4 Å². The third-order valence-electron chi connectivity index (χ3n) is 2.65. The SMILES string of the molecule is CCOc1cccc(NC(=O)/C(C#N)=C\c2ccc(Cl)s2)c1. The number of thiophene rings is 1. The summed E-state index contributed by atoms with van der Waals surface area (Å²) >= 11 is 7.14. The number of carbonyl (C=O) groups is 1. The summed E-state index contributed by atoms with van der Waals surface area (Å²) in [6.45, 7) is 2.42. The second-order valence-electron chi connectivity index (χ2n) is 4.23. The molecule has 0 radical (unpaired) electrons. The number of benzene rings is 1. The molecule has 4 nitrogen and oxygen atoms in total. The van der Waals surface area contributed by atoms with Crippen molar-refractivity contribution < 1.29 is 9.53 Å². The van der Waals surface area contributed by atoms with E-state index in [2.05, 4.69) is 5.32 Å². The Bertz CT molecular complexity index is 747. The van der Waals surface area contributed by atoms with Crippen LogP contribution in [0.3, 0.4) is 0 Å². The smallest absolute Gasteiger partial charge is 0.266 e. The number of nitrogens with zero attached hydrogens (tertiary/aromatic N) is 1. The number of hydrogen-bond donors (Lipinski definition) is 1. The first kappa shape index (κ1) is 16.1. The van der Waals surface area contributed by atoms with Crippen LogP contribution in [0.2, 0.25) is 4.34 Å². The van der Waals surface area contributed by atoms with Gasteiger partial charge in [0.15, 0.2) is 0 Å². The summed E-state index contributed by atoms with van der Waals surface area (Å²) < 4.78 is 5.97. The van der Waals surface area contributed by atoms with Gasteiger partial charge in [-0.15, -0.1) is 11.3 Å². The highest BCUT2D eigenvalue weighted by Gasteiger charge is 2.10. The van der Waals surface area contributed by atoms with Gasteiger partial charge in [-0.2, -0.15) is 5.26 Å². The molecule has 0 aliphatic rings. The van der Waals surface area contributed by atoms with Crippen LogP contribution in [0.1, 0.15) is 11.8 Å². The zero-order valence-electron chi connectivity index (χ0n) is 11.8. The lowest BCUT2D eigenvalue weighted by Gasteiger charge is -2.07. The predicted molar refractivity (Wildman–Crippen MR) is 89.2 cm³/mol. The molecule has 0 atom stereocenters. The Balaban J connectivity index is 2.14. The molecular formula is C16H13ClN2O2S. The van der Waals surface area contributed by atoms with E-state index in [1.807, 2.05) is 13.0 Å². The average molecular weight is 333 g/mol. The van der Waals surface area contributed by atoms with E-state index in [0.29, 0.717) is 22.4 Å². The van der Waals surface area contributed by atoms with Gasteiger partial charge in [-0.1, -0.05) is 17.7 Å². The highest BCUT2D eigenvalue weighted by Crippen LogP contribution is 2.24. The van der Waals surface area contributed by atoms with Crippen molar-refractivity contribution in [2.75, 3.05) is 11.9 Å². The maximum Gasteiger partial charge on any atom is 0.266 e. The molecule has 0 bridgehead atoms. The fraction of sp³-hybridized carbons (Fsp3) is 0.125. The number of carbonyl (C=O) groups excluding carboxylic acids is 1. The molecule has 6 heteroatoms. The number of amides is 1. The second-order valence-corrected chi connectivity index (χ2v) is 5.97. The molecule has 1 N–H and O–H groups in total. The van der Waals surface area contributed by atoms with E-state index in [1.54, 1.807) is 36.4 Å². The maximum atomic E-state index is 12.2. The summed E-state index contributed by atoms with van der Waals surface area (Å²) in [6.07, 6.45) is 1.51. The van der Waals surface area contributed by atoms with Gasteiger partial charge in [0.05, 0.1) is 10.9 Å². The predicted octanol–water partition coefficient (Wildman–Crippen LogP) is 4.35. The number of halogens is 1. The first-order valence-corrected chi connectivity index (χ1v) is 7.73. The number of hydrogen-bond acceptors (Lipinski definition) is 4. The van der Waals surface area contributed by atoms with E-state index < -0.39 is 5.91 Å². The minimum atomic E-state index is -0.472. The van der Waals surface area contributed by atoms with E-state index >= 15 is 0 Å². The van der Waals surface area contributed by atoms with Crippen molar-refractivity contribution in [1.82, 2.24) is 0 Å². The molecule has 1 heterocycles. The molecule has 0 aliphatic carbocycles. The number of nitrogens with one attached hydrogen (secondary N) is 1. The van der Waals surface area contributed by atoms with Crippen molar-refractivity contribution in [3.8, 4) is 11.8 Å². The molecule has 0 unspecified atom stereocenters. The summed E-state index contributed by atoms with van der Waals surface area (Å²) in [5, 5.41) is 11.8. The molecule has 1 aromatic heterocycles. The van der Waals surface area contributed by atoms with Crippen LogP contribution >= 0.6 is 22.9 Å². The highest BCUT2D eigenvalue weighted by molar-refractivity contribution is 7.17. The number of rotatable bonds is 5. The van der Waals surface area contributed by atoms with Gasteiger partial charge in [-0.05, 0) is 37.3 Å². The molecule has 0 saturated carbocycles. The minimum Gasteiger partial charge on any atom is -0.494 e. The van der Waals surface area contributed by atoms with Gasteiger partial charge < -0.3 is 10.1 Å². The topological polar surface area (TPSA) is 62.1 Å². The standard InChI is InChI=1S/C16H13ClN2O2S/c1-2-21-13-5-3-4-12(9-13)19-16(20)11(10-18)8-14-6-7-15(17)22-14/h3-9H,2H2,1H3,(H,19,20)/b11-8-. The Hall–Kier alpha value is -2.29. The first-order chi connectivity index (χ1) is 10.6. The quantitative estimate of drug-likeness (QED) is 0.654. The van der Waals surface area contributed by atoms with Crippen molar-refractivity contribution in [3.05, 3.63) is 51.2 Å². The van der Waals surface area contributed by atoms with Gasteiger partial charge in [0.2, 0.25) is 0 Å². The molecule has 1 amide bonds. The molecule has 0 fully saturated rings. The monoisotopic (exact) mass is 332 g/mol. The third-order valence-corrected chi connectivity index (χ3v) is 3.83. The second kappa shape index (κ2) is 7.64. The lowest BCUT2D eigenvalue weighted by Crippen LogP contribution is -2.13. The van der Waals surface area contributed by atoms with Crippen LogP contribution < -0.4 is 10.1 Å². The summed E-state index contributed by atoms with van der Waals surface area (Å²) in [5.74, 6) is 0.188. The van der Waals surface area contributed by atoms with Crippen LogP contribution in [0.25, 0.3) is 6.08 Å². The van der Waals surface area contributed by atoms with Crippen LogP contribution in [0.15, 0.2) is 42.0 Å². The van der Waals surface area contributed by atoms with E-state index in [0.717, 1.165) is 4.88 Å². The Morgan fingerprint density at radius 2 is 2.27 bits per heavy atom. The molecule has 2 aromatic rings. The lowest BCUT2D eigenvalue weighted by molar-refractivity contribution is -0.112. The molecular weight excluding hydrogens is 320 g/mol. The normalized spacial score (nSPS) is 10.9. The third kappa shape index (κ3) is 4.35. The largest absolute Gasteiger partial charge is 0.494 e. The highest BCUT2D eigenvalue weighted by atomic mass is 35.5. The van der Waals surface area contributed by atoms with Crippen LogP contribution in [0.5, 0.6) is 5.75 Å². The Morgan fingerprint density at radius 3 is 2.91 bits per heavy atom. The summed E-state index contributed by atoms with van der Waals surface area (Å²) in [6, 6.07) is 12.4. The van der Waals surface area contributed by atoms with Crippen LogP contribution in [0, 0.1) is 11.3 Å². The lowest BCUT2D eigenvalue weighted by atomic mass is 10.2. The van der Waals surface area contributed by atoms with Crippen molar-refractivity contribution in [1.29, 1.82) is 5.26 Å². The zero-order chi connectivity index (χ0) is 15.9. The van der Waals surface area contributed by atoms with Crippen molar-refractivity contribution >= 4 is 40.6 Å². The molecule has 0 saturated heterocycles. The van der Waals surface area contributed by atoms with Crippen molar-refractivity contribution in [2.24, 2.45) is 0 Å². The summed E-state index contributed by atoms with van der Waals surface area (Å²) in [5.41, 5.74) is 0.585.